The Kier molecular flexibility index (Phi) is 5.30. The molecular formula is C22H22N6O2S. The molecule has 0 aliphatic rings. The molecule has 0 atom stereocenters. The number of nitrogens with zero attached hydrogens (tertiary/aromatic N) is 3. The second kappa shape index (κ2) is 7.93. The Morgan fingerprint density at radius 3 is 2.77 bits per heavy atom. The van der Waals surface area contributed by atoms with Gasteiger partial charge >= 0.3 is 0 Å². The summed E-state index contributed by atoms with van der Waals surface area (Å²) in [5.74, 6) is 5.70. The highest BCUT2D eigenvalue weighted by Crippen LogP contribution is 2.36. The highest BCUT2D eigenvalue weighted by molar-refractivity contribution is 7.91. The van der Waals surface area contributed by atoms with Gasteiger partial charge in [0.05, 0.1) is 10.6 Å². The van der Waals surface area contributed by atoms with E-state index in [4.69, 9.17) is 5.84 Å². The lowest BCUT2D eigenvalue weighted by Crippen LogP contribution is -2.17. The number of nitrogens with two attached hydrogens (primary N) is 1. The molecule has 2 aromatic heterocycles. The first kappa shape index (κ1) is 20.7. The molecule has 0 unspecified atom stereocenters. The van der Waals surface area contributed by atoms with Crippen LogP contribution in [0, 0.1) is 6.92 Å². The summed E-state index contributed by atoms with van der Waals surface area (Å²) in [7, 11) is -3.36. The standard InChI is InChI=1S/C22H22N6O2S/c1-4-31(29,30)16-7-5-6-14(9-16)17-10-15(21(24-3)27-28-23)11-19-20(17)18-8-13(2)12-25-22(18)26-19/h5-12,28H,3-4,23H2,1-2H3,(H,25,26)/b27-21-. The maximum absolute atomic E-state index is 12.5. The lowest BCUT2D eigenvalue weighted by Gasteiger charge is -2.10. The van der Waals surface area contributed by atoms with Gasteiger partial charge in [-0.05, 0) is 60.7 Å². The molecule has 2 aromatic carbocycles. The summed E-state index contributed by atoms with van der Waals surface area (Å²) >= 11 is 0. The molecule has 0 bridgehead atoms. The molecule has 0 amide bonds. The SMILES string of the molecule is C=N/C(=N\NN)c1cc(-c2cccc(S(=O)(=O)CC)c2)c2c(c1)[nH]c1ncc(C)cc12. The van der Waals surface area contributed by atoms with E-state index in [0.717, 1.165) is 38.6 Å². The van der Waals surface area contributed by atoms with Crippen LogP contribution in [0.2, 0.25) is 0 Å². The van der Waals surface area contributed by atoms with Gasteiger partial charge in [-0.2, -0.15) is 0 Å². The molecule has 4 aromatic rings. The molecule has 4 rings (SSSR count). The zero-order chi connectivity index (χ0) is 22.2. The molecule has 9 heteroatoms. The fourth-order valence-corrected chi connectivity index (χ4v) is 4.58. The molecule has 0 saturated carbocycles. The Morgan fingerprint density at radius 2 is 2.06 bits per heavy atom. The van der Waals surface area contributed by atoms with E-state index in [-0.39, 0.29) is 10.6 Å². The first-order valence-electron chi connectivity index (χ1n) is 9.63. The fraction of sp³-hybridized carbons (Fsp3) is 0.136. The third-order valence-corrected chi connectivity index (χ3v) is 6.88. The van der Waals surface area contributed by atoms with Gasteiger partial charge in [-0.1, -0.05) is 19.1 Å². The molecule has 0 saturated heterocycles. The molecule has 31 heavy (non-hydrogen) atoms. The molecule has 0 aliphatic carbocycles. The summed E-state index contributed by atoms with van der Waals surface area (Å²) in [5.41, 5.74) is 7.07. The number of pyridine rings is 1. The second-order valence-corrected chi connectivity index (χ2v) is 9.41. The molecular weight excluding hydrogens is 412 g/mol. The number of aryl methyl sites for hydroxylation is 1. The summed E-state index contributed by atoms with van der Waals surface area (Å²) in [6.45, 7) is 7.18. The van der Waals surface area contributed by atoms with Crippen LogP contribution in [0.1, 0.15) is 18.1 Å². The van der Waals surface area contributed by atoms with Gasteiger partial charge in [-0.15, -0.1) is 5.10 Å². The zero-order valence-corrected chi connectivity index (χ0v) is 18.0. The minimum atomic E-state index is -3.36. The van der Waals surface area contributed by atoms with E-state index in [9.17, 15) is 8.42 Å². The van der Waals surface area contributed by atoms with E-state index in [2.05, 4.69) is 38.4 Å². The number of nitrogens with one attached hydrogen (secondary N) is 2. The number of H-pyrrole nitrogens is 1. The van der Waals surface area contributed by atoms with Crippen molar-refractivity contribution in [2.75, 3.05) is 5.75 Å². The maximum atomic E-state index is 12.5. The third-order valence-electron chi connectivity index (χ3n) is 5.15. The van der Waals surface area contributed by atoms with Crippen molar-refractivity contribution in [3.05, 3.63) is 59.8 Å². The molecule has 158 valence electrons. The van der Waals surface area contributed by atoms with E-state index >= 15 is 0 Å². The highest BCUT2D eigenvalue weighted by Gasteiger charge is 2.18. The lowest BCUT2D eigenvalue weighted by molar-refractivity contribution is 0.597. The van der Waals surface area contributed by atoms with Crippen LogP contribution >= 0.6 is 0 Å². The first-order chi connectivity index (χ1) is 14.9. The van der Waals surface area contributed by atoms with Gasteiger partial charge in [0.2, 0.25) is 0 Å². The van der Waals surface area contributed by atoms with Crippen molar-refractivity contribution in [3.63, 3.8) is 0 Å². The average molecular weight is 435 g/mol. The number of aromatic nitrogens is 2. The van der Waals surface area contributed by atoms with Crippen LogP contribution in [0.5, 0.6) is 0 Å². The Morgan fingerprint density at radius 1 is 1.26 bits per heavy atom. The summed E-state index contributed by atoms with van der Waals surface area (Å²) in [6, 6.07) is 12.8. The quantitative estimate of drug-likeness (QED) is 0.192. The molecule has 0 spiro atoms. The Hall–Kier alpha value is -3.56. The molecule has 0 radical (unpaired) electrons. The molecule has 4 N–H and O–H groups in total. The van der Waals surface area contributed by atoms with Gasteiger partial charge in [0, 0.05) is 28.0 Å². The van der Waals surface area contributed by atoms with E-state index in [0.29, 0.717) is 11.4 Å². The summed E-state index contributed by atoms with van der Waals surface area (Å²) in [5, 5.41) is 5.86. The van der Waals surface area contributed by atoms with Crippen molar-refractivity contribution >= 4 is 44.3 Å². The summed E-state index contributed by atoms with van der Waals surface area (Å²) in [4.78, 5) is 12.1. The second-order valence-electron chi connectivity index (χ2n) is 7.13. The minimum absolute atomic E-state index is 0.0292. The lowest BCUT2D eigenvalue weighted by atomic mass is 9.96. The summed E-state index contributed by atoms with van der Waals surface area (Å²) < 4.78 is 25.0. The predicted octanol–water partition coefficient (Wildman–Crippen LogP) is 3.31. The Balaban J connectivity index is 2.10. The van der Waals surface area contributed by atoms with Gasteiger partial charge < -0.3 is 4.98 Å². The number of hydrazine groups is 1. The predicted molar refractivity (Wildman–Crippen MR) is 125 cm³/mol. The van der Waals surface area contributed by atoms with Crippen molar-refractivity contribution in [3.8, 4) is 11.1 Å². The first-order valence-corrected chi connectivity index (χ1v) is 11.3. The Labute approximate surface area is 179 Å². The van der Waals surface area contributed by atoms with E-state index in [1.165, 1.54) is 0 Å². The van der Waals surface area contributed by atoms with Crippen molar-refractivity contribution < 1.29 is 8.42 Å². The number of hydrogen-bond donors (Lipinski definition) is 3. The number of sulfone groups is 1. The third kappa shape index (κ3) is 3.69. The topological polar surface area (TPSA) is 126 Å². The number of hydrazone groups is 1. The smallest absolute Gasteiger partial charge is 0.179 e. The number of rotatable bonds is 5. The zero-order valence-electron chi connectivity index (χ0n) is 17.2. The molecule has 8 nitrogen and oxygen atoms in total. The number of amidine groups is 1. The van der Waals surface area contributed by atoms with Crippen molar-refractivity contribution in [1.29, 1.82) is 0 Å². The van der Waals surface area contributed by atoms with E-state index in [1.807, 2.05) is 25.1 Å². The van der Waals surface area contributed by atoms with Crippen LogP contribution in [0.4, 0.5) is 0 Å². The van der Waals surface area contributed by atoms with Crippen molar-refractivity contribution in [2.45, 2.75) is 18.7 Å². The van der Waals surface area contributed by atoms with Gasteiger partial charge in [0.25, 0.3) is 0 Å². The minimum Gasteiger partial charge on any atom is -0.339 e. The van der Waals surface area contributed by atoms with Crippen molar-refractivity contribution in [2.24, 2.45) is 15.9 Å². The number of fused-ring (bicyclic) bond motifs is 3. The van der Waals surface area contributed by atoms with Crippen LogP contribution in [0.25, 0.3) is 33.1 Å². The van der Waals surface area contributed by atoms with Gasteiger partial charge in [0.15, 0.2) is 15.7 Å². The maximum Gasteiger partial charge on any atom is 0.179 e. The van der Waals surface area contributed by atoms with Crippen LogP contribution < -0.4 is 11.4 Å². The number of benzene rings is 2. The Bertz CT molecular complexity index is 1450. The largest absolute Gasteiger partial charge is 0.339 e. The van der Waals surface area contributed by atoms with Crippen molar-refractivity contribution in [1.82, 2.24) is 15.5 Å². The van der Waals surface area contributed by atoms with Crippen LogP contribution in [0.15, 0.2) is 63.7 Å². The van der Waals surface area contributed by atoms with Crippen LogP contribution in [0.3, 0.4) is 0 Å². The van der Waals surface area contributed by atoms with Gasteiger partial charge in [-0.3, -0.25) is 0 Å². The molecule has 2 heterocycles. The highest BCUT2D eigenvalue weighted by atomic mass is 32.2. The van der Waals surface area contributed by atoms with Gasteiger partial charge in [-0.25, -0.2) is 29.8 Å². The van der Waals surface area contributed by atoms with E-state index in [1.54, 1.807) is 31.3 Å². The van der Waals surface area contributed by atoms with Gasteiger partial charge in [0.1, 0.15) is 5.65 Å². The van der Waals surface area contributed by atoms with E-state index < -0.39 is 9.84 Å². The number of aromatic amines is 1. The molecule has 0 fully saturated rings. The monoisotopic (exact) mass is 434 g/mol. The molecule has 0 aliphatic heterocycles. The number of hydrogen-bond acceptors (Lipinski definition) is 6. The number of aliphatic imine (C=N–C) groups is 1. The summed E-state index contributed by atoms with van der Waals surface area (Å²) in [6.07, 6.45) is 1.79. The van der Waals surface area contributed by atoms with Crippen LogP contribution in [-0.4, -0.2) is 36.7 Å². The fourth-order valence-electron chi connectivity index (χ4n) is 3.65. The normalized spacial score (nSPS) is 12.4. The average Bonchev–Trinajstić information content (AvgIpc) is 3.14. The van der Waals surface area contributed by atoms with Crippen LogP contribution in [-0.2, 0) is 9.84 Å².